The highest BCUT2D eigenvalue weighted by molar-refractivity contribution is 6.05. The van der Waals surface area contributed by atoms with E-state index in [0.29, 0.717) is 22.6 Å². The normalized spacial score (nSPS) is 11.5. The van der Waals surface area contributed by atoms with E-state index in [1.54, 1.807) is 67.8 Å². The lowest BCUT2D eigenvalue weighted by Gasteiger charge is -2.15. The fraction of sp³-hybridized carbons (Fsp3) is 0.0385. The van der Waals surface area contributed by atoms with Crippen molar-refractivity contribution in [2.24, 2.45) is 0 Å². The van der Waals surface area contributed by atoms with Crippen molar-refractivity contribution < 1.29 is 14.3 Å². The molecule has 37 heavy (non-hydrogen) atoms. The molecule has 0 unspecified atom stereocenters. The molecule has 0 saturated heterocycles. The molecular formula is C26H24N8O3. The van der Waals surface area contributed by atoms with Gasteiger partial charge in [-0.25, -0.2) is 0 Å². The fourth-order valence-corrected chi connectivity index (χ4v) is 3.21. The van der Waals surface area contributed by atoms with Crippen LogP contribution in [0.3, 0.4) is 0 Å². The lowest BCUT2D eigenvalue weighted by Crippen LogP contribution is -2.41. The predicted octanol–water partition coefficient (Wildman–Crippen LogP) is 2.31. The third-order valence-corrected chi connectivity index (χ3v) is 5.12. The maximum absolute atomic E-state index is 13.3. The summed E-state index contributed by atoms with van der Waals surface area (Å²) in [5.41, 5.74) is 13.6. The molecule has 4 rings (SSSR count). The highest BCUT2D eigenvalue weighted by atomic mass is 16.5. The highest BCUT2D eigenvalue weighted by Crippen LogP contribution is 2.15. The molecule has 186 valence electrons. The molecule has 0 radical (unpaired) electrons. The van der Waals surface area contributed by atoms with Gasteiger partial charge in [-0.05, 0) is 46.3 Å². The molecule has 0 fully saturated rings. The first-order valence-corrected chi connectivity index (χ1v) is 11.1. The third kappa shape index (κ3) is 6.57. The molecule has 11 nitrogen and oxygen atoms in total. The number of hydrogen-bond donors (Lipinski definition) is 4. The van der Waals surface area contributed by atoms with Gasteiger partial charge in [-0.1, -0.05) is 65.8 Å². The van der Waals surface area contributed by atoms with Gasteiger partial charge < -0.3 is 15.8 Å². The summed E-state index contributed by atoms with van der Waals surface area (Å²) in [5.74, 6) is -0.295. The Morgan fingerprint density at radius 3 is 2.14 bits per heavy atom. The topological polar surface area (TPSA) is 149 Å². The molecule has 4 aromatic rings. The average Bonchev–Trinajstić information content (AvgIpc) is 3.35. The van der Waals surface area contributed by atoms with Crippen molar-refractivity contribution in [3.63, 3.8) is 0 Å². The number of aromatic nitrogens is 4. The second-order valence-electron chi connectivity index (χ2n) is 7.62. The van der Waals surface area contributed by atoms with Crippen LogP contribution in [0, 0.1) is 0 Å². The minimum atomic E-state index is -0.591. The predicted molar refractivity (Wildman–Crippen MR) is 139 cm³/mol. The molecular weight excluding hydrogens is 472 g/mol. The molecule has 0 aliphatic rings. The number of rotatable bonds is 9. The first-order chi connectivity index (χ1) is 18.0. The third-order valence-electron chi connectivity index (χ3n) is 5.12. The maximum atomic E-state index is 13.3. The summed E-state index contributed by atoms with van der Waals surface area (Å²) in [6.07, 6.45) is 3.09. The summed E-state index contributed by atoms with van der Waals surface area (Å²) in [6.45, 7) is 0. The van der Waals surface area contributed by atoms with Crippen LogP contribution >= 0.6 is 0 Å². The molecule has 0 aliphatic heterocycles. The molecule has 1 aromatic heterocycles. The van der Waals surface area contributed by atoms with Crippen LogP contribution in [-0.4, -0.2) is 39.1 Å². The van der Waals surface area contributed by atoms with Crippen molar-refractivity contribution in [3.05, 3.63) is 107 Å². The number of nitrogen functional groups attached to an aromatic ring is 1. The van der Waals surface area contributed by atoms with Crippen LogP contribution in [0.1, 0.15) is 21.5 Å². The van der Waals surface area contributed by atoms with E-state index in [0.717, 1.165) is 5.56 Å². The highest BCUT2D eigenvalue weighted by Gasteiger charge is 2.16. The van der Waals surface area contributed by atoms with Gasteiger partial charge in [-0.15, -0.1) is 0 Å². The minimum absolute atomic E-state index is 0.0147. The Bertz CT molecular complexity index is 1420. The lowest BCUT2D eigenvalue weighted by atomic mass is 10.1. The standard InChI is InChI=1S/C26H24N8O3/c1-37-21-14-12-18(13-15-21)16-22(28-24(35)20-10-6-3-7-11-20)25(36)30-29-23(19-8-4-2-5-9-19)17-34-26(27)31-32-33-34/h2-17,29H,1H3,(H,28,35)(H,30,36)(H2,27,31,33). The molecule has 1 heterocycles. The van der Waals surface area contributed by atoms with E-state index >= 15 is 0 Å². The van der Waals surface area contributed by atoms with Crippen molar-refractivity contribution in [1.82, 2.24) is 36.4 Å². The summed E-state index contributed by atoms with van der Waals surface area (Å²) in [7, 11) is 1.57. The smallest absolute Gasteiger partial charge is 0.286 e. The number of hydrogen-bond acceptors (Lipinski definition) is 8. The number of tetrazole rings is 1. The summed E-state index contributed by atoms with van der Waals surface area (Å²) in [4.78, 5) is 26.1. The van der Waals surface area contributed by atoms with Gasteiger partial charge >= 0.3 is 0 Å². The molecule has 0 atom stereocenters. The summed E-state index contributed by atoms with van der Waals surface area (Å²) in [5, 5.41) is 13.7. The second kappa shape index (κ2) is 11.8. The quantitative estimate of drug-likeness (QED) is 0.204. The average molecular weight is 497 g/mol. The number of anilines is 1. The van der Waals surface area contributed by atoms with Crippen molar-refractivity contribution in [2.45, 2.75) is 0 Å². The van der Waals surface area contributed by atoms with Crippen LogP contribution in [0.2, 0.25) is 0 Å². The number of benzene rings is 3. The number of methoxy groups -OCH3 is 1. The second-order valence-corrected chi connectivity index (χ2v) is 7.62. The Hall–Kier alpha value is -5.45. The zero-order valence-corrected chi connectivity index (χ0v) is 19.8. The van der Waals surface area contributed by atoms with Crippen LogP contribution in [0.25, 0.3) is 18.0 Å². The van der Waals surface area contributed by atoms with Crippen LogP contribution < -0.4 is 26.6 Å². The van der Waals surface area contributed by atoms with Crippen molar-refractivity contribution in [3.8, 4) is 5.75 Å². The molecule has 5 N–H and O–H groups in total. The van der Waals surface area contributed by atoms with E-state index in [1.165, 1.54) is 10.9 Å². The van der Waals surface area contributed by atoms with Gasteiger partial charge in [0.15, 0.2) is 0 Å². The first-order valence-electron chi connectivity index (χ1n) is 11.1. The van der Waals surface area contributed by atoms with Crippen molar-refractivity contribution in [2.75, 3.05) is 12.8 Å². The Balaban J connectivity index is 1.60. The van der Waals surface area contributed by atoms with Gasteiger partial charge in [0, 0.05) is 11.1 Å². The fourth-order valence-electron chi connectivity index (χ4n) is 3.21. The summed E-state index contributed by atoms with van der Waals surface area (Å²) < 4.78 is 6.45. The summed E-state index contributed by atoms with van der Waals surface area (Å²) in [6, 6.07) is 24.8. The molecule has 3 aromatic carbocycles. The number of nitrogens with one attached hydrogen (secondary N) is 3. The number of ether oxygens (including phenoxy) is 1. The first kappa shape index (κ1) is 24.7. The molecule has 0 aliphatic carbocycles. The van der Waals surface area contributed by atoms with Gasteiger partial charge in [0.25, 0.3) is 11.8 Å². The maximum Gasteiger partial charge on any atom is 0.286 e. The largest absolute Gasteiger partial charge is 0.497 e. The number of nitrogens with two attached hydrogens (primary N) is 1. The van der Waals surface area contributed by atoms with E-state index < -0.39 is 11.8 Å². The van der Waals surface area contributed by atoms with Gasteiger partial charge in [0.05, 0.1) is 19.0 Å². The number of carbonyl (C=O) groups excluding carboxylic acids is 2. The van der Waals surface area contributed by atoms with Crippen LogP contribution in [-0.2, 0) is 4.79 Å². The van der Waals surface area contributed by atoms with Gasteiger partial charge in [0.2, 0.25) is 5.95 Å². The number of carbonyl (C=O) groups is 2. The Labute approximate surface area is 212 Å². The monoisotopic (exact) mass is 496 g/mol. The zero-order chi connectivity index (χ0) is 26.0. The van der Waals surface area contributed by atoms with E-state index in [9.17, 15) is 9.59 Å². The Morgan fingerprint density at radius 2 is 1.54 bits per heavy atom. The number of amides is 2. The number of hydrazine groups is 1. The van der Waals surface area contributed by atoms with Gasteiger partial charge in [-0.3, -0.25) is 20.4 Å². The molecule has 0 saturated carbocycles. The Kier molecular flexibility index (Phi) is 7.87. The molecule has 11 heteroatoms. The molecule has 0 bridgehead atoms. The zero-order valence-electron chi connectivity index (χ0n) is 19.8. The molecule has 2 amide bonds. The van der Waals surface area contributed by atoms with Gasteiger partial charge in [0.1, 0.15) is 11.4 Å². The van der Waals surface area contributed by atoms with Crippen LogP contribution in [0.15, 0.2) is 90.6 Å². The van der Waals surface area contributed by atoms with E-state index in [-0.39, 0.29) is 11.6 Å². The van der Waals surface area contributed by atoms with E-state index in [1.807, 2.05) is 30.3 Å². The minimum Gasteiger partial charge on any atom is -0.497 e. The van der Waals surface area contributed by atoms with Crippen molar-refractivity contribution >= 4 is 35.7 Å². The van der Waals surface area contributed by atoms with Crippen molar-refractivity contribution in [1.29, 1.82) is 0 Å². The SMILES string of the molecule is COc1ccc(C=C(NC(=O)c2ccccc2)C(=O)NNC(=Cn2nnnc2N)c2ccccc2)cc1. The lowest BCUT2D eigenvalue weighted by molar-refractivity contribution is -0.118. The van der Waals surface area contributed by atoms with Crippen LogP contribution in [0.4, 0.5) is 5.95 Å². The summed E-state index contributed by atoms with van der Waals surface area (Å²) >= 11 is 0. The molecule has 0 spiro atoms. The van der Waals surface area contributed by atoms with E-state index in [4.69, 9.17) is 10.5 Å². The number of nitrogens with zero attached hydrogens (tertiary/aromatic N) is 4. The Morgan fingerprint density at radius 1 is 0.892 bits per heavy atom. The van der Waals surface area contributed by atoms with Gasteiger partial charge in [-0.2, -0.15) is 4.68 Å². The van der Waals surface area contributed by atoms with E-state index in [2.05, 4.69) is 31.7 Å². The van der Waals surface area contributed by atoms with Crippen LogP contribution in [0.5, 0.6) is 5.75 Å².